The van der Waals surface area contributed by atoms with Crippen LogP contribution >= 0.6 is 35.3 Å². The van der Waals surface area contributed by atoms with Crippen LogP contribution in [0.5, 0.6) is 0 Å². The van der Waals surface area contributed by atoms with Crippen LogP contribution in [0.2, 0.25) is 0 Å². The summed E-state index contributed by atoms with van der Waals surface area (Å²) in [4.78, 5) is 50.9. The van der Waals surface area contributed by atoms with E-state index in [2.05, 4.69) is 30.9 Å². The first-order valence-electron chi connectivity index (χ1n) is 14.6. The summed E-state index contributed by atoms with van der Waals surface area (Å²) in [5, 5.41) is 9.87. The number of hydrogen-bond donors (Lipinski definition) is 3. The van der Waals surface area contributed by atoms with Crippen LogP contribution in [0, 0.1) is 0 Å². The van der Waals surface area contributed by atoms with Crippen molar-refractivity contribution in [3.05, 3.63) is 108 Å². The maximum atomic E-state index is 12.5. The zero-order valence-corrected chi connectivity index (χ0v) is 27.3. The molecule has 234 valence electrons. The van der Waals surface area contributed by atoms with Crippen LogP contribution in [0.1, 0.15) is 16.7 Å². The molecule has 0 fully saturated rings. The minimum absolute atomic E-state index is 0.129. The fraction of sp³-hybridized carbons (Fsp3) is 0.273. The third kappa shape index (κ3) is 13.8. The predicted molar refractivity (Wildman–Crippen MR) is 181 cm³/mol. The lowest BCUT2D eigenvalue weighted by atomic mass is 10.1. The molecule has 3 N–H and O–H groups in total. The van der Waals surface area contributed by atoms with Gasteiger partial charge in [-0.2, -0.15) is 15.0 Å². The highest BCUT2D eigenvalue weighted by Gasteiger charge is 2.14. The summed E-state index contributed by atoms with van der Waals surface area (Å²) in [6, 6.07) is 29.9. The molecule has 0 aliphatic rings. The summed E-state index contributed by atoms with van der Waals surface area (Å²) in [6.45, 7) is 1.59. The van der Waals surface area contributed by atoms with Crippen molar-refractivity contribution in [2.45, 2.75) is 34.7 Å². The molecular weight excluding hydrogens is 625 g/mol. The number of nitrogens with one attached hydrogen (secondary N) is 3. The Balaban J connectivity index is 1.27. The van der Waals surface area contributed by atoms with E-state index in [0.29, 0.717) is 35.1 Å². The molecule has 0 atom stereocenters. The third-order valence-electron chi connectivity index (χ3n) is 6.31. The minimum atomic E-state index is -0.129. The molecule has 0 spiro atoms. The van der Waals surface area contributed by atoms with E-state index >= 15 is 0 Å². The van der Waals surface area contributed by atoms with E-state index in [0.717, 1.165) is 36.0 Å². The fourth-order valence-corrected chi connectivity index (χ4v) is 6.20. The Hall–Kier alpha value is -3.87. The second kappa shape index (κ2) is 19.5. The Kier molecular flexibility index (Phi) is 14.7. The summed E-state index contributed by atoms with van der Waals surface area (Å²) in [6.07, 6.45) is 2.22. The van der Waals surface area contributed by atoms with E-state index in [1.54, 1.807) is 0 Å². The van der Waals surface area contributed by atoms with Crippen LogP contribution in [0.25, 0.3) is 0 Å². The average molecular weight is 661 g/mol. The van der Waals surface area contributed by atoms with Gasteiger partial charge < -0.3 is 16.0 Å². The van der Waals surface area contributed by atoms with Crippen molar-refractivity contribution in [3.63, 3.8) is 0 Å². The first kappa shape index (κ1) is 34.0. The molecule has 0 bridgehead atoms. The lowest BCUT2D eigenvalue weighted by molar-refractivity contribution is -0.119. The number of benzene rings is 3. The summed E-state index contributed by atoms with van der Waals surface area (Å²) < 4.78 is 0. The summed E-state index contributed by atoms with van der Waals surface area (Å²) in [5.74, 6) is 0.00776. The van der Waals surface area contributed by atoms with E-state index in [1.165, 1.54) is 35.3 Å². The van der Waals surface area contributed by atoms with Crippen molar-refractivity contribution < 1.29 is 14.4 Å². The van der Waals surface area contributed by atoms with Crippen molar-refractivity contribution in [2.75, 3.05) is 36.9 Å². The van der Waals surface area contributed by atoms with Crippen molar-refractivity contribution in [3.8, 4) is 0 Å². The van der Waals surface area contributed by atoms with Gasteiger partial charge in [0.25, 0.3) is 0 Å². The first-order valence-corrected chi connectivity index (χ1v) is 17.6. The molecule has 3 amide bonds. The molecule has 0 aliphatic carbocycles. The topological polar surface area (TPSA) is 126 Å². The summed E-state index contributed by atoms with van der Waals surface area (Å²) >= 11 is 3.58. The molecule has 4 rings (SSSR count). The molecule has 1 aromatic heterocycles. The monoisotopic (exact) mass is 660 g/mol. The van der Waals surface area contributed by atoms with Gasteiger partial charge in [0.15, 0.2) is 15.5 Å². The maximum absolute atomic E-state index is 12.5. The molecule has 0 saturated carbocycles. The van der Waals surface area contributed by atoms with Crippen molar-refractivity contribution in [2.24, 2.45) is 0 Å². The Bertz CT molecular complexity index is 1310. The molecule has 0 saturated heterocycles. The number of nitrogens with zero attached hydrogens (tertiary/aromatic N) is 3. The van der Waals surface area contributed by atoms with Crippen LogP contribution in [0.4, 0.5) is 0 Å². The van der Waals surface area contributed by atoms with Crippen LogP contribution in [-0.4, -0.2) is 69.6 Å². The van der Waals surface area contributed by atoms with E-state index < -0.39 is 0 Å². The molecule has 12 heteroatoms. The third-order valence-corrected chi connectivity index (χ3v) is 8.85. The molecule has 3 aromatic carbocycles. The molecule has 0 aliphatic heterocycles. The molecule has 45 heavy (non-hydrogen) atoms. The number of hydrogen-bond acceptors (Lipinski definition) is 9. The van der Waals surface area contributed by atoms with Crippen molar-refractivity contribution in [1.82, 2.24) is 30.9 Å². The second-order valence-electron chi connectivity index (χ2n) is 9.81. The van der Waals surface area contributed by atoms with E-state index in [9.17, 15) is 14.4 Å². The number of rotatable bonds is 18. The van der Waals surface area contributed by atoms with Crippen molar-refractivity contribution in [1.29, 1.82) is 0 Å². The van der Waals surface area contributed by atoms with Gasteiger partial charge in [0.1, 0.15) is 0 Å². The van der Waals surface area contributed by atoms with Crippen molar-refractivity contribution >= 4 is 53.0 Å². The largest absolute Gasteiger partial charge is 0.355 e. The van der Waals surface area contributed by atoms with Gasteiger partial charge in [-0.25, -0.2) is 0 Å². The lowest BCUT2D eigenvalue weighted by Gasteiger charge is -2.09. The van der Waals surface area contributed by atoms with E-state index in [-0.39, 0.29) is 35.0 Å². The summed E-state index contributed by atoms with van der Waals surface area (Å²) in [7, 11) is 0. The average Bonchev–Trinajstić information content (AvgIpc) is 3.07. The molecule has 4 aromatic rings. The molecular formula is C33H36N6O3S3. The normalized spacial score (nSPS) is 10.7. The SMILES string of the molecule is O=C(CSc1nc(SCC(=O)NCCc2ccccc2)nc(SCC(=O)NCCc2ccccc2)n1)NCCc1ccccc1. The van der Waals surface area contributed by atoms with Crippen LogP contribution in [-0.2, 0) is 33.6 Å². The van der Waals surface area contributed by atoms with Crippen LogP contribution in [0.15, 0.2) is 106 Å². The minimum Gasteiger partial charge on any atom is -0.355 e. The predicted octanol–water partition coefficient (Wildman–Crippen LogP) is 4.22. The molecule has 0 radical (unpaired) electrons. The molecule has 1 heterocycles. The van der Waals surface area contributed by atoms with Gasteiger partial charge >= 0.3 is 0 Å². The lowest BCUT2D eigenvalue weighted by Crippen LogP contribution is -2.28. The Morgan fingerprint density at radius 2 is 0.711 bits per heavy atom. The molecule has 9 nitrogen and oxygen atoms in total. The van der Waals surface area contributed by atoms with E-state index in [1.807, 2.05) is 91.0 Å². The zero-order chi connectivity index (χ0) is 31.5. The van der Waals surface area contributed by atoms with Gasteiger partial charge in [-0.05, 0) is 36.0 Å². The standard InChI is InChI=1S/C33H36N6O3S3/c40-28(34-19-16-25-10-4-1-5-11-25)22-43-31-37-32(44-23-29(41)35-20-17-26-12-6-2-7-13-26)39-33(38-31)45-24-30(42)36-21-18-27-14-8-3-9-15-27/h1-15H,16-24H2,(H,34,40)(H,35,41)(H,36,42). The maximum Gasteiger partial charge on any atom is 0.230 e. The number of aromatic nitrogens is 3. The first-order chi connectivity index (χ1) is 22.0. The second-order valence-corrected chi connectivity index (χ2v) is 12.6. The fourth-order valence-electron chi connectivity index (χ4n) is 4.03. The Morgan fingerprint density at radius 3 is 0.978 bits per heavy atom. The highest BCUT2D eigenvalue weighted by molar-refractivity contribution is 8.01. The summed E-state index contributed by atoms with van der Waals surface area (Å²) in [5.41, 5.74) is 3.46. The Morgan fingerprint density at radius 1 is 0.444 bits per heavy atom. The van der Waals surface area contributed by atoms with Crippen LogP contribution < -0.4 is 16.0 Å². The highest BCUT2D eigenvalue weighted by atomic mass is 32.2. The smallest absolute Gasteiger partial charge is 0.230 e. The van der Waals surface area contributed by atoms with E-state index in [4.69, 9.17) is 0 Å². The van der Waals surface area contributed by atoms with Gasteiger partial charge in [0.2, 0.25) is 17.7 Å². The van der Waals surface area contributed by atoms with Gasteiger partial charge in [-0.3, -0.25) is 14.4 Å². The number of amides is 3. The van der Waals surface area contributed by atoms with Gasteiger partial charge in [-0.15, -0.1) is 0 Å². The Labute approximate surface area is 276 Å². The molecule has 0 unspecified atom stereocenters. The number of carbonyl (C=O) groups is 3. The van der Waals surface area contributed by atoms with Gasteiger partial charge in [-0.1, -0.05) is 126 Å². The zero-order valence-electron chi connectivity index (χ0n) is 24.8. The number of carbonyl (C=O) groups excluding carboxylic acids is 3. The van der Waals surface area contributed by atoms with Crippen LogP contribution in [0.3, 0.4) is 0 Å². The highest BCUT2D eigenvalue weighted by Crippen LogP contribution is 2.23. The van der Waals surface area contributed by atoms with Gasteiger partial charge in [0.05, 0.1) is 17.3 Å². The number of thioether (sulfide) groups is 3. The van der Waals surface area contributed by atoms with Gasteiger partial charge in [0, 0.05) is 19.6 Å². The quantitative estimate of drug-likeness (QED) is 0.135.